The molecule has 1 aliphatic carbocycles. The first kappa shape index (κ1) is 14.9. The maximum Gasteiger partial charge on any atom is 0.183 e. The lowest BCUT2D eigenvalue weighted by Gasteiger charge is -2.21. The maximum atomic E-state index is 5.25. The topological polar surface area (TPSA) is 18.5 Å². The molecule has 0 N–H and O–H groups in total. The van der Waals surface area contributed by atoms with Crippen LogP contribution in [0.4, 0.5) is 0 Å². The average Bonchev–Trinajstić information content (AvgIpc) is 2.49. The van der Waals surface area contributed by atoms with Crippen LogP contribution in [-0.2, 0) is 9.47 Å². The smallest absolute Gasteiger partial charge is 0.183 e. The van der Waals surface area contributed by atoms with Gasteiger partial charge in [0, 0.05) is 30.4 Å². The second kappa shape index (κ2) is 7.93. The summed E-state index contributed by atoms with van der Waals surface area (Å²) in [6, 6.07) is 8.55. The molecule has 2 nitrogen and oxygen atoms in total. The molecule has 0 radical (unpaired) electrons. The quantitative estimate of drug-likeness (QED) is 0.558. The van der Waals surface area contributed by atoms with Crippen molar-refractivity contribution in [2.24, 2.45) is 5.92 Å². The zero-order valence-corrected chi connectivity index (χ0v) is 12.7. The minimum atomic E-state index is -0.252. The van der Waals surface area contributed by atoms with Crippen molar-refractivity contribution >= 4 is 11.8 Å². The van der Waals surface area contributed by atoms with E-state index in [0.29, 0.717) is 0 Å². The molecule has 0 atom stereocenters. The van der Waals surface area contributed by atoms with Gasteiger partial charge in [-0.15, -0.1) is 11.8 Å². The molecule has 19 heavy (non-hydrogen) atoms. The van der Waals surface area contributed by atoms with Crippen LogP contribution in [0.1, 0.15) is 44.0 Å². The molecule has 0 unspecified atom stereocenters. The Morgan fingerprint density at radius 1 is 1.05 bits per heavy atom. The van der Waals surface area contributed by atoms with Gasteiger partial charge in [-0.1, -0.05) is 31.4 Å². The number of thioether (sulfide) groups is 1. The van der Waals surface area contributed by atoms with E-state index in [4.69, 9.17) is 9.47 Å². The molecular weight excluding hydrogens is 256 g/mol. The molecule has 0 spiro atoms. The van der Waals surface area contributed by atoms with Gasteiger partial charge in [0.05, 0.1) is 0 Å². The summed E-state index contributed by atoms with van der Waals surface area (Å²) < 4.78 is 10.5. The average molecular weight is 280 g/mol. The van der Waals surface area contributed by atoms with Crippen molar-refractivity contribution in [1.29, 1.82) is 0 Å². The Kier molecular flexibility index (Phi) is 6.21. The molecule has 106 valence electrons. The van der Waals surface area contributed by atoms with E-state index in [1.165, 1.54) is 42.8 Å². The molecule has 0 aliphatic heterocycles. The van der Waals surface area contributed by atoms with Crippen molar-refractivity contribution in [2.75, 3.05) is 20.0 Å². The van der Waals surface area contributed by atoms with Crippen LogP contribution in [0.2, 0.25) is 0 Å². The Hall–Kier alpha value is -0.510. The molecule has 0 amide bonds. The SMILES string of the molecule is COC(OC)c1ccc(SCC2CCCCC2)cc1. The highest BCUT2D eigenvalue weighted by Gasteiger charge is 2.14. The van der Waals surface area contributed by atoms with Gasteiger partial charge < -0.3 is 9.47 Å². The van der Waals surface area contributed by atoms with Crippen LogP contribution in [0.3, 0.4) is 0 Å². The van der Waals surface area contributed by atoms with Crippen LogP contribution in [0.5, 0.6) is 0 Å². The number of hydrogen-bond donors (Lipinski definition) is 0. The fourth-order valence-electron chi connectivity index (χ4n) is 2.66. The summed E-state index contributed by atoms with van der Waals surface area (Å²) >= 11 is 1.98. The standard InChI is InChI=1S/C16H24O2S/c1-17-16(18-2)14-8-10-15(11-9-14)19-12-13-6-4-3-5-7-13/h8-11,13,16H,3-7,12H2,1-2H3. The van der Waals surface area contributed by atoms with Gasteiger partial charge in [-0.3, -0.25) is 0 Å². The third kappa shape index (κ3) is 4.51. The number of rotatable bonds is 6. The zero-order chi connectivity index (χ0) is 13.5. The van der Waals surface area contributed by atoms with Gasteiger partial charge in [0.25, 0.3) is 0 Å². The Balaban J connectivity index is 1.84. The van der Waals surface area contributed by atoms with Gasteiger partial charge >= 0.3 is 0 Å². The van der Waals surface area contributed by atoms with Crippen molar-refractivity contribution in [1.82, 2.24) is 0 Å². The monoisotopic (exact) mass is 280 g/mol. The van der Waals surface area contributed by atoms with Gasteiger partial charge in [-0.25, -0.2) is 0 Å². The second-order valence-electron chi connectivity index (χ2n) is 5.19. The largest absolute Gasteiger partial charge is 0.352 e. The summed E-state index contributed by atoms with van der Waals surface area (Å²) in [5.74, 6) is 2.18. The molecule has 0 heterocycles. The van der Waals surface area contributed by atoms with Gasteiger partial charge in [-0.2, -0.15) is 0 Å². The first-order valence-corrected chi connectivity index (χ1v) is 8.10. The van der Waals surface area contributed by atoms with E-state index in [1.807, 2.05) is 11.8 Å². The van der Waals surface area contributed by atoms with E-state index in [0.717, 1.165) is 11.5 Å². The molecule has 1 aromatic carbocycles. The van der Waals surface area contributed by atoms with Crippen LogP contribution in [0.15, 0.2) is 29.2 Å². The molecule has 0 aromatic heterocycles. The Morgan fingerprint density at radius 3 is 2.26 bits per heavy atom. The minimum Gasteiger partial charge on any atom is -0.352 e. The second-order valence-corrected chi connectivity index (χ2v) is 6.28. The third-order valence-corrected chi connectivity index (χ3v) is 5.03. The summed E-state index contributed by atoms with van der Waals surface area (Å²) in [6.07, 6.45) is 6.87. The molecule has 2 rings (SSSR count). The Bertz CT molecular complexity index is 354. The van der Waals surface area contributed by atoms with E-state index >= 15 is 0 Å². The van der Waals surface area contributed by atoms with Crippen molar-refractivity contribution in [3.63, 3.8) is 0 Å². The predicted molar refractivity (Wildman–Crippen MR) is 80.5 cm³/mol. The maximum absolute atomic E-state index is 5.25. The highest BCUT2D eigenvalue weighted by Crippen LogP contribution is 2.30. The number of methoxy groups -OCH3 is 2. The summed E-state index contributed by atoms with van der Waals surface area (Å²) in [7, 11) is 3.33. The molecular formula is C16H24O2S. The van der Waals surface area contributed by atoms with Crippen LogP contribution in [0, 0.1) is 5.92 Å². The first-order valence-electron chi connectivity index (χ1n) is 7.12. The third-order valence-electron chi connectivity index (χ3n) is 3.79. The van der Waals surface area contributed by atoms with Crippen molar-refractivity contribution in [2.45, 2.75) is 43.3 Å². The zero-order valence-electron chi connectivity index (χ0n) is 11.9. The number of ether oxygens (including phenoxy) is 2. The molecule has 1 fully saturated rings. The fraction of sp³-hybridized carbons (Fsp3) is 0.625. The van der Waals surface area contributed by atoms with Crippen LogP contribution < -0.4 is 0 Å². The summed E-state index contributed by atoms with van der Waals surface area (Å²) in [5.41, 5.74) is 1.08. The highest BCUT2D eigenvalue weighted by molar-refractivity contribution is 7.99. The minimum absolute atomic E-state index is 0.252. The fourth-order valence-corrected chi connectivity index (χ4v) is 3.75. The molecule has 0 saturated heterocycles. The molecule has 3 heteroatoms. The van der Waals surface area contributed by atoms with Crippen molar-refractivity contribution < 1.29 is 9.47 Å². The normalized spacial score (nSPS) is 17.0. The number of hydrogen-bond acceptors (Lipinski definition) is 3. The van der Waals surface area contributed by atoms with Gasteiger partial charge in [0.1, 0.15) is 0 Å². The number of benzene rings is 1. The van der Waals surface area contributed by atoms with Crippen LogP contribution in [-0.4, -0.2) is 20.0 Å². The Labute approximate surface area is 120 Å². The van der Waals surface area contributed by atoms with Gasteiger partial charge in [-0.05, 0) is 30.9 Å². The van der Waals surface area contributed by atoms with Gasteiger partial charge in [0.2, 0.25) is 0 Å². The predicted octanol–water partition coefficient (Wildman–Crippen LogP) is 4.65. The highest BCUT2D eigenvalue weighted by atomic mass is 32.2. The van der Waals surface area contributed by atoms with E-state index < -0.39 is 0 Å². The lowest BCUT2D eigenvalue weighted by atomic mass is 9.91. The lowest BCUT2D eigenvalue weighted by Crippen LogP contribution is -2.08. The first-order chi connectivity index (χ1) is 9.33. The molecule has 1 saturated carbocycles. The van der Waals surface area contributed by atoms with Crippen molar-refractivity contribution in [3.8, 4) is 0 Å². The van der Waals surface area contributed by atoms with Crippen LogP contribution in [0.25, 0.3) is 0 Å². The van der Waals surface area contributed by atoms with E-state index in [1.54, 1.807) is 14.2 Å². The molecule has 1 aliphatic rings. The lowest BCUT2D eigenvalue weighted by molar-refractivity contribution is -0.106. The molecule has 0 bridgehead atoms. The summed E-state index contributed by atoms with van der Waals surface area (Å²) in [5, 5.41) is 0. The molecule has 1 aromatic rings. The van der Waals surface area contributed by atoms with Gasteiger partial charge in [0.15, 0.2) is 6.29 Å². The van der Waals surface area contributed by atoms with Crippen molar-refractivity contribution in [3.05, 3.63) is 29.8 Å². The van der Waals surface area contributed by atoms with E-state index in [-0.39, 0.29) is 6.29 Å². The summed E-state index contributed by atoms with van der Waals surface area (Å²) in [6.45, 7) is 0. The van der Waals surface area contributed by atoms with E-state index in [9.17, 15) is 0 Å². The van der Waals surface area contributed by atoms with E-state index in [2.05, 4.69) is 24.3 Å². The van der Waals surface area contributed by atoms with Crippen LogP contribution >= 0.6 is 11.8 Å². The Morgan fingerprint density at radius 2 is 1.68 bits per heavy atom. The summed E-state index contributed by atoms with van der Waals surface area (Å²) in [4.78, 5) is 1.35.